The minimum absolute atomic E-state index is 0.219. The van der Waals surface area contributed by atoms with Crippen LogP contribution in [-0.4, -0.2) is 9.55 Å². The van der Waals surface area contributed by atoms with Crippen molar-refractivity contribution in [3.63, 3.8) is 0 Å². The molecule has 5 heteroatoms. The predicted molar refractivity (Wildman–Crippen MR) is 91.3 cm³/mol. The summed E-state index contributed by atoms with van der Waals surface area (Å²) in [7, 11) is 0. The van der Waals surface area contributed by atoms with E-state index in [4.69, 9.17) is 17.3 Å². The van der Waals surface area contributed by atoms with Crippen LogP contribution in [0.3, 0.4) is 0 Å². The van der Waals surface area contributed by atoms with Crippen LogP contribution in [-0.2, 0) is 6.54 Å². The van der Waals surface area contributed by atoms with Crippen LogP contribution in [0.4, 0.5) is 5.69 Å². The molecular formula is C17H16ClN3O. The van der Waals surface area contributed by atoms with Crippen molar-refractivity contribution in [1.29, 1.82) is 0 Å². The van der Waals surface area contributed by atoms with Crippen molar-refractivity contribution in [3.05, 3.63) is 57.5 Å². The van der Waals surface area contributed by atoms with E-state index in [-0.39, 0.29) is 11.2 Å². The van der Waals surface area contributed by atoms with Gasteiger partial charge in [0.2, 0.25) is 0 Å². The lowest BCUT2D eigenvalue weighted by molar-refractivity contribution is 0.751. The molecule has 0 aliphatic carbocycles. The van der Waals surface area contributed by atoms with E-state index >= 15 is 0 Å². The van der Waals surface area contributed by atoms with E-state index in [9.17, 15) is 4.79 Å². The molecule has 22 heavy (non-hydrogen) atoms. The van der Waals surface area contributed by atoms with E-state index in [1.54, 1.807) is 10.6 Å². The van der Waals surface area contributed by atoms with Crippen LogP contribution in [0.5, 0.6) is 0 Å². The van der Waals surface area contributed by atoms with Crippen LogP contribution < -0.4 is 11.3 Å². The molecule has 1 aromatic carbocycles. The first-order chi connectivity index (χ1) is 10.5. The first-order valence-corrected chi connectivity index (χ1v) is 7.46. The minimum Gasteiger partial charge on any atom is -0.394 e. The van der Waals surface area contributed by atoms with Crippen LogP contribution in [0, 0.1) is 6.92 Å². The number of rotatable bonds is 2. The Morgan fingerprint density at radius 3 is 2.73 bits per heavy atom. The Kier molecular flexibility index (Phi) is 3.62. The summed E-state index contributed by atoms with van der Waals surface area (Å²) in [5.74, 6) is 0. The van der Waals surface area contributed by atoms with Gasteiger partial charge in [-0.05, 0) is 43.7 Å². The second kappa shape index (κ2) is 5.46. The van der Waals surface area contributed by atoms with Gasteiger partial charge in [-0.25, -0.2) is 4.98 Å². The van der Waals surface area contributed by atoms with Crippen molar-refractivity contribution >= 4 is 28.3 Å². The first kappa shape index (κ1) is 14.6. The fourth-order valence-corrected chi connectivity index (χ4v) is 2.88. The Morgan fingerprint density at radius 2 is 2.05 bits per heavy atom. The number of anilines is 1. The summed E-state index contributed by atoms with van der Waals surface area (Å²) in [6.45, 7) is 4.33. The maximum absolute atomic E-state index is 12.6. The van der Waals surface area contributed by atoms with Crippen LogP contribution in [0.2, 0.25) is 5.02 Å². The largest absolute Gasteiger partial charge is 0.394 e. The lowest BCUT2D eigenvalue weighted by atomic mass is 10.0. The van der Waals surface area contributed by atoms with Crippen molar-refractivity contribution < 1.29 is 0 Å². The van der Waals surface area contributed by atoms with Gasteiger partial charge in [0.05, 0.1) is 0 Å². The quantitative estimate of drug-likeness (QED) is 0.786. The molecule has 0 aliphatic rings. The molecule has 2 N–H and O–H groups in total. The molecule has 0 saturated carbocycles. The van der Waals surface area contributed by atoms with Crippen molar-refractivity contribution in [3.8, 4) is 11.1 Å². The highest BCUT2D eigenvalue weighted by Crippen LogP contribution is 2.32. The van der Waals surface area contributed by atoms with Gasteiger partial charge in [0.1, 0.15) is 11.3 Å². The maximum Gasteiger partial charge on any atom is 0.275 e. The number of aromatic nitrogens is 2. The highest BCUT2D eigenvalue weighted by molar-refractivity contribution is 6.31. The van der Waals surface area contributed by atoms with Crippen molar-refractivity contribution in [1.82, 2.24) is 9.55 Å². The molecule has 0 radical (unpaired) electrons. The third-order valence-electron chi connectivity index (χ3n) is 3.71. The summed E-state index contributed by atoms with van der Waals surface area (Å²) in [5, 5.41) is 1.46. The highest BCUT2D eigenvalue weighted by Gasteiger charge is 2.16. The molecule has 112 valence electrons. The van der Waals surface area contributed by atoms with Gasteiger partial charge in [0.25, 0.3) is 5.56 Å². The van der Waals surface area contributed by atoms with Crippen LogP contribution in [0.1, 0.15) is 12.6 Å². The molecule has 0 bridgehead atoms. The maximum atomic E-state index is 12.6. The van der Waals surface area contributed by atoms with Crippen LogP contribution >= 0.6 is 11.6 Å². The van der Waals surface area contributed by atoms with Crippen molar-refractivity contribution in [2.75, 3.05) is 5.73 Å². The molecule has 2 aromatic heterocycles. The van der Waals surface area contributed by atoms with E-state index in [1.165, 1.54) is 0 Å². The highest BCUT2D eigenvalue weighted by atomic mass is 35.5. The Labute approximate surface area is 133 Å². The molecule has 0 aliphatic heterocycles. The second-order valence-electron chi connectivity index (χ2n) is 5.17. The molecule has 0 fully saturated rings. The molecule has 0 unspecified atom stereocenters. The summed E-state index contributed by atoms with van der Waals surface area (Å²) in [6.07, 6.45) is 0. The Bertz CT molecular complexity index is 931. The second-order valence-corrected chi connectivity index (χ2v) is 5.61. The molecule has 0 saturated heterocycles. The number of pyridine rings is 2. The lowest BCUT2D eigenvalue weighted by Crippen LogP contribution is -2.24. The number of nitrogen functional groups attached to an aromatic ring is 1. The fraction of sp³-hybridized carbons (Fsp3) is 0.176. The molecule has 3 rings (SSSR count). The summed E-state index contributed by atoms with van der Waals surface area (Å²) < 4.78 is 1.60. The Hall–Kier alpha value is -2.33. The van der Waals surface area contributed by atoms with Gasteiger partial charge in [-0.1, -0.05) is 23.7 Å². The van der Waals surface area contributed by atoms with Gasteiger partial charge in [0.15, 0.2) is 0 Å². The summed E-state index contributed by atoms with van der Waals surface area (Å²) in [5.41, 5.74) is 9.17. The number of benzene rings is 1. The zero-order valence-corrected chi connectivity index (χ0v) is 13.2. The van der Waals surface area contributed by atoms with E-state index in [2.05, 4.69) is 4.98 Å². The minimum atomic E-state index is -0.219. The topological polar surface area (TPSA) is 60.9 Å². The van der Waals surface area contributed by atoms with Crippen molar-refractivity contribution in [2.45, 2.75) is 20.4 Å². The average Bonchev–Trinajstić information content (AvgIpc) is 2.49. The third-order valence-corrected chi connectivity index (χ3v) is 3.95. The number of nitrogens with two attached hydrogens (primary N) is 1. The van der Waals surface area contributed by atoms with Gasteiger partial charge in [-0.15, -0.1) is 0 Å². The van der Waals surface area contributed by atoms with E-state index < -0.39 is 0 Å². The molecule has 0 spiro atoms. The van der Waals surface area contributed by atoms with E-state index in [0.29, 0.717) is 22.8 Å². The van der Waals surface area contributed by atoms with Crippen LogP contribution in [0.15, 0.2) is 41.2 Å². The Balaban J connectivity index is 2.50. The van der Waals surface area contributed by atoms with Gasteiger partial charge >= 0.3 is 0 Å². The number of hydrogen-bond donors (Lipinski definition) is 1. The first-order valence-electron chi connectivity index (χ1n) is 7.08. The van der Waals surface area contributed by atoms with Crippen LogP contribution in [0.25, 0.3) is 22.2 Å². The fourth-order valence-electron chi connectivity index (χ4n) is 2.69. The number of nitrogens with zero attached hydrogens (tertiary/aromatic N) is 2. The molecule has 0 atom stereocenters. The van der Waals surface area contributed by atoms with E-state index in [1.807, 2.05) is 44.2 Å². The number of fused-ring (bicyclic) bond motifs is 1. The SMILES string of the molecule is CCn1c(=O)c(N)c(-c2cccc(Cl)c2)c2ccc(C)nc21. The number of aryl methyl sites for hydroxylation is 2. The molecule has 3 aromatic rings. The van der Waals surface area contributed by atoms with Gasteiger partial charge in [-0.3, -0.25) is 9.36 Å². The monoisotopic (exact) mass is 313 g/mol. The normalized spacial score (nSPS) is 11.0. The number of halogens is 1. The van der Waals surface area contributed by atoms with Gasteiger partial charge in [0, 0.05) is 28.2 Å². The standard InChI is InChI=1S/C17H16ClN3O/c1-3-21-16-13(8-7-10(2)20-16)14(15(19)17(21)22)11-5-4-6-12(18)9-11/h4-9H,3,19H2,1-2H3. The number of hydrogen-bond acceptors (Lipinski definition) is 3. The molecule has 2 heterocycles. The third kappa shape index (κ3) is 2.25. The van der Waals surface area contributed by atoms with Crippen molar-refractivity contribution in [2.24, 2.45) is 0 Å². The summed E-state index contributed by atoms with van der Waals surface area (Å²) in [6, 6.07) is 11.2. The summed E-state index contributed by atoms with van der Waals surface area (Å²) >= 11 is 6.08. The summed E-state index contributed by atoms with van der Waals surface area (Å²) in [4.78, 5) is 17.1. The van der Waals surface area contributed by atoms with E-state index in [0.717, 1.165) is 16.6 Å². The molecule has 4 nitrogen and oxygen atoms in total. The zero-order chi connectivity index (χ0) is 15.9. The van der Waals surface area contributed by atoms with Gasteiger partial charge in [-0.2, -0.15) is 0 Å². The zero-order valence-electron chi connectivity index (χ0n) is 12.4. The average molecular weight is 314 g/mol. The predicted octanol–water partition coefficient (Wildman–Crippen LogP) is 3.63. The molecular weight excluding hydrogens is 298 g/mol. The van der Waals surface area contributed by atoms with Gasteiger partial charge < -0.3 is 5.73 Å². The molecule has 0 amide bonds. The smallest absolute Gasteiger partial charge is 0.275 e. The lowest BCUT2D eigenvalue weighted by Gasteiger charge is -2.15. The Morgan fingerprint density at radius 1 is 1.27 bits per heavy atom.